The van der Waals surface area contributed by atoms with E-state index in [0.29, 0.717) is 46.1 Å². The number of aliphatic carboxylic acids is 1. The van der Waals surface area contributed by atoms with Gasteiger partial charge in [0.05, 0.1) is 17.4 Å². The number of H-pyrrole nitrogens is 1. The van der Waals surface area contributed by atoms with Crippen molar-refractivity contribution in [3.05, 3.63) is 69.2 Å². The van der Waals surface area contributed by atoms with E-state index in [-0.39, 0.29) is 17.8 Å². The minimum atomic E-state index is -1.44. The zero-order chi connectivity index (χ0) is 25.6. The van der Waals surface area contributed by atoms with Crippen molar-refractivity contribution in [2.45, 2.75) is 51.7 Å². The lowest BCUT2D eigenvalue weighted by molar-refractivity contribution is -0.308. The fourth-order valence-electron chi connectivity index (χ4n) is 4.88. The summed E-state index contributed by atoms with van der Waals surface area (Å²) in [6, 6.07) is 6.95. The van der Waals surface area contributed by atoms with Gasteiger partial charge < -0.3 is 34.5 Å². The van der Waals surface area contributed by atoms with Crippen LogP contribution in [0.5, 0.6) is 11.5 Å². The van der Waals surface area contributed by atoms with Crippen LogP contribution in [0.4, 0.5) is 0 Å². The van der Waals surface area contributed by atoms with E-state index in [1.54, 1.807) is 24.4 Å². The van der Waals surface area contributed by atoms with Crippen LogP contribution in [0.25, 0.3) is 21.9 Å². The molecule has 1 aliphatic rings. The molecule has 5 rings (SSSR count). The number of phenols is 1. The first kappa shape index (κ1) is 23.5. The van der Waals surface area contributed by atoms with Crippen molar-refractivity contribution in [1.29, 1.82) is 0 Å². The van der Waals surface area contributed by atoms with Gasteiger partial charge in [0.15, 0.2) is 6.10 Å². The first-order valence-electron chi connectivity index (χ1n) is 11.8. The van der Waals surface area contributed by atoms with Crippen molar-refractivity contribution in [2.24, 2.45) is 0 Å². The largest absolute Gasteiger partial charge is 0.548 e. The highest BCUT2D eigenvalue weighted by Crippen LogP contribution is 2.35. The molecule has 9 nitrogen and oxygen atoms in total. The number of hydrogen-bond donors (Lipinski definition) is 3. The molecule has 0 spiro atoms. The molecule has 0 radical (unpaired) electrons. The normalized spacial score (nSPS) is 14.5. The number of carboxylic acid groups (broad SMARTS) is 1. The number of nitrogens with one attached hydrogen (secondary N) is 2. The maximum absolute atomic E-state index is 13.0. The van der Waals surface area contributed by atoms with Gasteiger partial charge >= 0.3 is 5.63 Å². The number of carbonyl (C=O) groups excluding carboxylic acids is 2. The molecular formula is C27H25N2O7-. The van der Waals surface area contributed by atoms with Crippen molar-refractivity contribution in [1.82, 2.24) is 10.3 Å². The molecule has 0 bridgehead atoms. The Morgan fingerprint density at radius 3 is 2.78 bits per heavy atom. The van der Waals surface area contributed by atoms with Crippen LogP contribution in [0.15, 0.2) is 45.7 Å². The summed E-state index contributed by atoms with van der Waals surface area (Å²) in [6.07, 6.45) is 2.74. The molecule has 2 aromatic carbocycles. The molecule has 2 atom stereocenters. The molecule has 9 heteroatoms. The van der Waals surface area contributed by atoms with E-state index in [1.165, 1.54) is 19.1 Å². The van der Waals surface area contributed by atoms with Crippen LogP contribution in [-0.4, -0.2) is 34.1 Å². The Kier molecular flexibility index (Phi) is 5.91. The average molecular weight is 490 g/mol. The maximum atomic E-state index is 13.0. The van der Waals surface area contributed by atoms with Crippen LogP contribution < -0.4 is 20.8 Å². The highest BCUT2D eigenvalue weighted by molar-refractivity contribution is 5.91. The fourth-order valence-corrected chi connectivity index (χ4v) is 4.88. The lowest BCUT2D eigenvalue weighted by Gasteiger charge is -2.23. The molecule has 3 N–H and O–H groups in total. The summed E-state index contributed by atoms with van der Waals surface area (Å²) in [5, 5.41) is 25.5. The number of aromatic hydroxyl groups is 1. The quantitative estimate of drug-likeness (QED) is 0.337. The molecule has 0 aliphatic heterocycles. The van der Waals surface area contributed by atoms with E-state index in [1.807, 2.05) is 6.92 Å². The third-order valence-corrected chi connectivity index (χ3v) is 6.63. The van der Waals surface area contributed by atoms with Crippen LogP contribution in [0.3, 0.4) is 0 Å². The molecule has 1 aliphatic carbocycles. The van der Waals surface area contributed by atoms with Crippen LogP contribution in [0, 0.1) is 6.92 Å². The van der Waals surface area contributed by atoms with Crippen molar-refractivity contribution in [2.75, 3.05) is 0 Å². The lowest BCUT2D eigenvalue weighted by Crippen LogP contribution is -2.52. The zero-order valence-electron chi connectivity index (χ0n) is 19.8. The predicted octanol–water partition coefficient (Wildman–Crippen LogP) is 2.02. The summed E-state index contributed by atoms with van der Waals surface area (Å²) in [6.45, 7) is 3.36. The van der Waals surface area contributed by atoms with Crippen LogP contribution in [-0.2, 0) is 28.9 Å². The van der Waals surface area contributed by atoms with Gasteiger partial charge in [-0.05, 0) is 80.1 Å². The number of aromatic nitrogens is 1. The van der Waals surface area contributed by atoms with E-state index < -0.39 is 24.0 Å². The van der Waals surface area contributed by atoms with Crippen LogP contribution in [0.1, 0.15) is 35.6 Å². The second kappa shape index (κ2) is 9.07. The van der Waals surface area contributed by atoms with Crippen LogP contribution >= 0.6 is 0 Å². The van der Waals surface area contributed by atoms with E-state index >= 15 is 0 Å². The molecule has 2 heterocycles. The van der Waals surface area contributed by atoms with Gasteiger partial charge in [0, 0.05) is 29.1 Å². The molecule has 1 amide bonds. The highest BCUT2D eigenvalue weighted by Gasteiger charge is 2.26. The molecule has 2 aromatic heterocycles. The van der Waals surface area contributed by atoms with Gasteiger partial charge in [-0.15, -0.1) is 0 Å². The van der Waals surface area contributed by atoms with Gasteiger partial charge in [0.25, 0.3) is 5.91 Å². The van der Waals surface area contributed by atoms with Gasteiger partial charge in [0.2, 0.25) is 0 Å². The topological polar surface area (TPSA) is 145 Å². The first-order valence-corrected chi connectivity index (χ1v) is 11.8. The smallest absolute Gasteiger partial charge is 0.339 e. The Labute approximate surface area is 205 Å². The second-order valence-electron chi connectivity index (χ2n) is 9.22. The summed E-state index contributed by atoms with van der Waals surface area (Å²) in [5.74, 6) is -1.61. The molecule has 36 heavy (non-hydrogen) atoms. The maximum Gasteiger partial charge on any atom is 0.339 e. The summed E-state index contributed by atoms with van der Waals surface area (Å²) in [4.78, 5) is 40.2. The average Bonchev–Trinajstić information content (AvgIpc) is 3.46. The van der Waals surface area contributed by atoms with Gasteiger partial charge in [-0.25, -0.2) is 4.79 Å². The number of aryl methyl sites for hydroxylation is 2. The van der Waals surface area contributed by atoms with E-state index in [2.05, 4.69) is 10.3 Å². The van der Waals surface area contributed by atoms with Crippen molar-refractivity contribution < 1.29 is 29.0 Å². The predicted molar refractivity (Wildman–Crippen MR) is 130 cm³/mol. The molecule has 0 saturated heterocycles. The Bertz CT molecular complexity index is 1570. The van der Waals surface area contributed by atoms with E-state index in [0.717, 1.165) is 23.1 Å². The first-order chi connectivity index (χ1) is 17.2. The molecule has 186 valence electrons. The van der Waals surface area contributed by atoms with Gasteiger partial charge in [-0.3, -0.25) is 4.79 Å². The number of carboxylic acids is 1. The molecule has 0 fully saturated rings. The van der Waals surface area contributed by atoms with E-state index in [9.17, 15) is 24.6 Å². The molecule has 4 aromatic rings. The van der Waals surface area contributed by atoms with Crippen molar-refractivity contribution in [3.8, 4) is 11.5 Å². The monoisotopic (exact) mass is 489 g/mol. The Hall–Kier alpha value is -4.27. The molecule has 0 saturated carbocycles. The highest BCUT2D eigenvalue weighted by atomic mass is 16.5. The van der Waals surface area contributed by atoms with E-state index in [4.69, 9.17) is 9.15 Å². The van der Waals surface area contributed by atoms with Crippen LogP contribution in [0.2, 0.25) is 0 Å². The number of fused-ring (bicyclic) bond motifs is 4. The molecule has 0 unspecified atom stereocenters. The number of benzene rings is 2. The zero-order valence-corrected chi connectivity index (χ0v) is 19.8. The number of ether oxygens (including phenoxy) is 1. The summed E-state index contributed by atoms with van der Waals surface area (Å²) < 4.78 is 11.5. The Balaban J connectivity index is 1.38. The summed E-state index contributed by atoms with van der Waals surface area (Å²) in [5.41, 5.74) is 3.70. The minimum absolute atomic E-state index is 0.0453. The summed E-state index contributed by atoms with van der Waals surface area (Å²) >= 11 is 0. The van der Waals surface area contributed by atoms with Gasteiger partial charge in [-0.1, -0.05) is 0 Å². The third kappa shape index (κ3) is 4.28. The SMILES string of the molecule is Cc1cc(O[C@H](C)C(=O)N[C@H](Cc2c[nH]c3ccc(O)cc23)C(=O)[O-])c2c3c(c(=O)oc2c1)CCC3. The van der Waals surface area contributed by atoms with Crippen molar-refractivity contribution in [3.63, 3.8) is 0 Å². The summed E-state index contributed by atoms with van der Waals surface area (Å²) in [7, 11) is 0. The van der Waals surface area contributed by atoms with Crippen molar-refractivity contribution >= 4 is 33.7 Å². The molecular weight excluding hydrogens is 464 g/mol. The number of hydrogen-bond acceptors (Lipinski definition) is 7. The number of aromatic amines is 1. The standard InChI is InChI=1S/C27H26N2O7/c1-13-8-22(24-17-4-3-5-18(17)27(34)36-23(24)9-13)35-14(2)25(31)29-21(26(32)33)10-15-12-28-20-7-6-16(30)11-19(15)20/h6-9,11-12,14,21,28,30H,3-5,10H2,1-2H3,(H,29,31)(H,32,33)/p-1/t14-,21-/m1/s1. The third-order valence-electron chi connectivity index (χ3n) is 6.63. The van der Waals surface area contributed by atoms with Gasteiger partial charge in [0.1, 0.15) is 17.1 Å². The minimum Gasteiger partial charge on any atom is -0.548 e. The Morgan fingerprint density at radius 1 is 1.22 bits per heavy atom. The fraction of sp³-hybridized carbons (Fsp3) is 0.296. The Morgan fingerprint density at radius 2 is 2.00 bits per heavy atom. The number of carbonyl (C=O) groups is 2. The number of amides is 1. The number of rotatable bonds is 7. The van der Waals surface area contributed by atoms with Gasteiger partial charge in [-0.2, -0.15) is 0 Å². The number of phenolic OH excluding ortho intramolecular Hbond substituents is 1. The second-order valence-corrected chi connectivity index (χ2v) is 9.22. The lowest BCUT2D eigenvalue weighted by atomic mass is 10.0.